The van der Waals surface area contributed by atoms with Gasteiger partial charge < -0.3 is 14.6 Å². The fourth-order valence-electron chi connectivity index (χ4n) is 1.77. The van der Waals surface area contributed by atoms with Crippen LogP contribution in [0.1, 0.15) is 22.4 Å². The first-order chi connectivity index (χ1) is 10.3. The van der Waals surface area contributed by atoms with Gasteiger partial charge in [0.25, 0.3) is 0 Å². The number of hydrogen-bond donors (Lipinski definition) is 1. The topological polar surface area (TPSA) is 38.7 Å². The van der Waals surface area contributed by atoms with E-state index in [0.29, 0.717) is 19.6 Å². The summed E-state index contributed by atoms with van der Waals surface area (Å²) in [6.45, 7) is 1.23. The van der Waals surface area contributed by atoms with Crippen molar-refractivity contribution in [1.29, 1.82) is 0 Å². The van der Waals surface area contributed by atoms with Crippen LogP contribution in [-0.2, 0) is 18.0 Å². The molecule has 1 N–H and O–H groups in total. The van der Waals surface area contributed by atoms with E-state index in [2.05, 4.69) is 11.8 Å². The van der Waals surface area contributed by atoms with Gasteiger partial charge in [0.1, 0.15) is 5.75 Å². The average molecular weight is 302 g/mol. The van der Waals surface area contributed by atoms with E-state index in [9.17, 15) is 0 Å². The number of aliphatic hydroxyl groups excluding tert-OH is 1. The van der Waals surface area contributed by atoms with Crippen molar-refractivity contribution in [3.05, 3.63) is 51.7 Å². The van der Waals surface area contributed by atoms with Gasteiger partial charge >= 0.3 is 0 Å². The van der Waals surface area contributed by atoms with Crippen molar-refractivity contribution in [3.63, 3.8) is 0 Å². The molecule has 0 aliphatic rings. The van der Waals surface area contributed by atoms with E-state index in [-0.39, 0.29) is 6.61 Å². The number of methoxy groups -OCH3 is 1. The van der Waals surface area contributed by atoms with Gasteiger partial charge in [-0.3, -0.25) is 0 Å². The van der Waals surface area contributed by atoms with Crippen LogP contribution in [-0.4, -0.2) is 18.8 Å². The highest BCUT2D eigenvalue weighted by Crippen LogP contribution is 2.17. The zero-order valence-electron chi connectivity index (χ0n) is 12.0. The molecule has 21 heavy (non-hydrogen) atoms. The Morgan fingerprint density at radius 2 is 2.14 bits per heavy atom. The lowest BCUT2D eigenvalue weighted by Crippen LogP contribution is -1.93. The number of ether oxygens (including phenoxy) is 2. The molecule has 2 rings (SSSR count). The third kappa shape index (κ3) is 5.24. The van der Waals surface area contributed by atoms with E-state index in [0.717, 1.165) is 21.8 Å². The molecule has 4 heteroatoms. The van der Waals surface area contributed by atoms with Crippen LogP contribution in [0.2, 0.25) is 0 Å². The second kappa shape index (κ2) is 8.48. The van der Waals surface area contributed by atoms with Crippen molar-refractivity contribution in [2.24, 2.45) is 0 Å². The van der Waals surface area contributed by atoms with Gasteiger partial charge in [-0.05, 0) is 23.8 Å². The highest BCUT2D eigenvalue weighted by atomic mass is 32.1. The van der Waals surface area contributed by atoms with Gasteiger partial charge in [0.2, 0.25) is 0 Å². The van der Waals surface area contributed by atoms with Gasteiger partial charge in [-0.1, -0.05) is 24.0 Å². The molecule has 0 unspecified atom stereocenters. The van der Waals surface area contributed by atoms with Crippen LogP contribution in [0.3, 0.4) is 0 Å². The van der Waals surface area contributed by atoms with E-state index in [1.54, 1.807) is 18.4 Å². The molecular weight excluding hydrogens is 284 g/mol. The lowest BCUT2D eigenvalue weighted by atomic mass is 10.2. The van der Waals surface area contributed by atoms with Gasteiger partial charge in [0.15, 0.2) is 0 Å². The lowest BCUT2D eigenvalue weighted by molar-refractivity contribution is 0.109. The Labute approximate surface area is 129 Å². The van der Waals surface area contributed by atoms with Crippen LogP contribution in [0.4, 0.5) is 0 Å². The minimum absolute atomic E-state index is 0.105. The van der Waals surface area contributed by atoms with Crippen LogP contribution >= 0.6 is 11.3 Å². The Morgan fingerprint density at radius 3 is 2.95 bits per heavy atom. The molecule has 0 aliphatic heterocycles. The summed E-state index contributed by atoms with van der Waals surface area (Å²) in [7, 11) is 1.66. The molecule has 1 aromatic carbocycles. The van der Waals surface area contributed by atoms with Crippen molar-refractivity contribution >= 4 is 11.3 Å². The van der Waals surface area contributed by atoms with Crippen molar-refractivity contribution in [2.45, 2.75) is 19.6 Å². The largest absolute Gasteiger partial charge is 0.497 e. The molecule has 0 bridgehead atoms. The quantitative estimate of drug-likeness (QED) is 0.833. The van der Waals surface area contributed by atoms with E-state index in [1.807, 2.05) is 35.7 Å². The first kappa shape index (κ1) is 15.6. The Kier molecular flexibility index (Phi) is 6.29. The van der Waals surface area contributed by atoms with Crippen LogP contribution in [0, 0.1) is 11.8 Å². The van der Waals surface area contributed by atoms with Crippen LogP contribution in [0.5, 0.6) is 5.75 Å². The Morgan fingerprint density at radius 1 is 1.24 bits per heavy atom. The zero-order chi connectivity index (χ0) is 14.9. The third-order valence-electron chi connectivity index (χ3n) is 2.77. The summed E-state index contributed by atoms with van der Waals surface area (Å²) in [5, 5.41) is 10.7. The minimum atomic E-state index is 0.105. The molecule has 0 fully saturated rings. The molecule has 110 valence electrons. The summed E-state index contributed by atoms with van der Waals surface area (Å²) in [6, 6.07) is 9.89. The average Bonchev–Trinajstić information content (AvgIpc) is 2.96. The first-order valence-corrected chi connectivity index (χ1v) is 7.57. The van der Waals surface area contributed by atoms with Crippen molar-refractivity contribution in [1.82, 2.24) is 0 Å². The summed E-state index contributed by atoms with van der Waals surface area (Å²) in [5.41, 5.74) is 2.07. The molecule has 0 spiro atoms. The van der Waals surface area contributed by atoms with Crippen molar-refractivity contribution in [3.8, 4) is 17.6 Å². The van der Waals surface area contributed by atoms with Gasteiger partial charge in [-0.15, -0.1) is 11.3 Å². The number of rotatable bonds is 6. The van der Waals surface area contributed by atoms with Crippen molar-refractivity contribution < 1.29 is 14.6 Å². The Balaban J connectivity index is 1.82. The molecule has 1 heterocycles. The molecule has 0 atom stereocenters. The molecule has 1 aromatic heterocycles. The predicted molar refractivity (Wildman–Crippen MR) is 84.4 cm³/mol. The fraction of sp³-hybridized carbons (Fsp3) is 0.294. The molecule has 0 radical (unpaired) electrons. The monoisotopic (exact) mass is 302 g/mol. The summed E-state index contributed by atoms with van der Waals surface area (Å²) < 4.78 is 10.9. The van der Waals surface area contributed by atoms with Gasteiger partial charge in [-0.25, -0.2) is 0 Å². The smallest absolute Gasteiger partial charge is 0.119 e. The normalized spacial score (nSPS) is 10.0. The zero-order valence-corrected chi connectivity index (χ0v) is 12.8. The fourth-order valence-corrected chi connectivity index (χ4v) is 2.53. The van der Waals surface area contributed by atoms with E-state index < -0.39 is 0 Å². The second-order valence-electron chi connectivity index (χ2n) is 4.42. The molecular formula is C17H18O3S. The lowest BCUT2D eigenvalue weighted by Gasteiger charge is -2.05. The predicted octanol–water partition coefficient (Wildman–Crippen LogP) is 3.21. The maximum absolute atomic E-state index is 8.68. The number of hydrogen-bond acceptors (Lipinski definition) is 4. The Hall–Kier alpha value is -1.80. The highest BCUT2D eigenvalue weighted by molar-refractivity contribution is 7.10. The third-order valence-corrected chi connectivity index (χ3v) is 3.68. The standard InChI is InChI=1S/C17H18O3S/c1-19-16-7-4-6-14(9-16)11-20-12-17-10-15(13-21-17)5-2-3-8-18/h4,6-7,9-10,13,18H,3,8,11-12H2,1H3. The summed E-state index contributed by atoms with van der Waals surface area (Å²) in [6.07, 6.45) is 0.511. The van der Waals surface area contributed by atoms with E-state index >= 15 is 0 Å². The SMILES string of the molecule is COc1cccc(COCc2cc(C#CCCO)cs2)c1. The van der Waals surface area contributed by atoms with Gasteiger partial charge in [0, 0.05) is 22.2 Å². The summed E-state index contributed by atoms with van der Waals surface area (Å²) >= 11 is 1.64. The summed E-state index contributed by atoms with van der Waals surface area (Å²) in [4.78, 5) is 1.14. The molecule has 0 saturated carbocycles. The summed E-state index contributed by atoms with van der Waals surface area (Å²) in [5.74, 6) is 6.77. The van der Waals surface area contributed by atoms with E-state index in [4.69, 9.17) is 14.6 Å². The van der Waals surface area contributed by atoms with Gasteiger partial charge in [-0.2, -0.15) is 0 Å². The molecule has 2 aromatic rings. The van der Waals surface area contributed by atoms with Crippen LogP contribution in [0.25, 0.3) is 0 Å². The van der Waals surface area contributed by atoms with Crippen molar-refractivity contribution in [2.75, 3.05) is 13.7 Å². The van der Waals surface area contributed by atoms with Crippen LogP contribution < -0.4 is 4.74 Å². The first-order valence-electron chi connectivity index (χ1n) is 6.69. The van der Waals surface area contributed by atoms with Gasteiger partial charge in [0.05, 0.1) is 26.9 Å². The second-order valence-corrected chi connectivity index (χ2v) is 5.42. The molecule has 3 nitrogen and oxygen atoms in total. The van der Waals surface area contributed by atoms with E-state index in [1.165, 1.54) is 0 Å². The number of benzene rings is 1. The maximum Gasteiger partial charge on any atom is 0.119 e. The number of aliphatic hydroxyl groups is 1. The number of thiophene rings is 1. The molecule has 0 saturated heterocycles. The molecule has 0 aliphatic carbocycles. The minimum Gasteiger partial charge on any atom is -0.497 e. The molecule has 0 amide bonds. The highest BCUT2D eigenvalue weighted by Gasteiger charge is 2.00. The Bertz CT molecular complexity index is 622. The van der Waals surface area contributed by atoms with Crippen LogP contribution in [0.15, 0.2) is 35.7 Å². The maximum atomic E-state index is 8.68.